The fraction of sp³-hybridized carbons (Fsp3) is 0.0417. The van der Waals surface area contributed by atoms with Crippen molar-refractivity contribution in [1.29, 1.82) is 5.26 Å². The number of thioether (sulfide) groups is 1. The second kappa shape index (κ2) is 8.68. The molecule has 0 radical (unpaired) electrons. The van der Waals surface area contributed by atoms with Crippen molar-refractivity contribution in [2.24, 2.45) is 0 Å². The summed E-state index contributed by atoms with van der Waals surface area (Å²) < 4.78 is 6.18. The van der Waals surface area contributed by atoms with Crippen molar-refractivity contribution in [3.05, 3.63) is 95.8 Å². The van der Waals surface area contributed by atoms with Gasteiger partial charge in [0.15, 0.2) is 5.75 Å². The van der Waals surface area contributed by atoms with Gasteiger partial charge in [-0.15, -0.1) is 11.8 Å². The third-order valence-corrected chi connectivity index (χ3v) is 5.65. The number of carboxylic acids is 1. The van der Waals surface area contributed by atoms with Crippen LogP contribution < -0.4 is 9.84 Å². The molecule has 0 N–H and O–H groups in total. The Morgan fingerprint density at radius 1 is 1.03 bits per heavy atom. The smallest absolute Gasteiger partial charge is 0.159 e. The zero-order chi connectivity index (χ0) is 20.9. The summed E-state index contributed by atoms with van der Waals surface area (Å²) in [4.78, 5) is 16.1. The van der Waals surface area contributed by atoms with Crippen LogP contribution in [-0.2, 0) is 5.75 Å². The van der Waals surface area contributed by atoms with Crippen LogP contribution in [0.15, 0.2) is 84.0 Å². The number of pyridine rings is 1. The van der Waals surface area contributed by atoms with E-state index in [-0.39, 0.29) is 5.56 Å². The summed E-state index contributed by atoms with van der Waals surface area (Å²) in [5.41, 5.74) is 1.61. The molecule has 1 aromatic heterocycles. The zero-order valence-electron chi connectivity index (χ0n) is 15.7. The fourth-order valence-corrected chi connectivity index (χ4v) is 3.98. The number of benzene rings is 3. The molecule has 0 unspecified atom stereocenters. The van der Waals surface area contributed by atoms with Crippen LogP contribution in [-0.4, -0.2) is 11.0 Å². The van der Waals surface area contributed by atoms with E-state index in [1.54, 1.807) is 36.7 Å². The standard InChI is InChI=1S/C24H16N2O3S/c25-13-18-8-9-21(20-7-2-1-6-19(18)20)29-22-14-26-11-10-23(22)30-15-16-4-3-5-17(12-16)24(27)28/h1-12,14H,15H2,(H,27,28)/p-1. The highest BCUT2D eigenvalue weighted by molar-refractivity contribution is 7.98. The predicted molar refractivity (Wildman–Crippen MR) is 113 cm³/mol. The van der Waals surface area contributed by atoms with Gasteiger partial charge < -0.3 is 14.6 Å². The predicted octanol–water partition coefficient (Wildman–Crippen LogP) is 4.55. The second-order valence-electron chi connectivity index (χ2n) is 6.47. The lowest BCUT2D eigenvalue weighted by Gasteiger charge is -2.13. The number of carbonyl (C=O) groups excluding carboxylic acids is 1. The Morgan fingerprint density at radius 3 is 2.67 bits per heavy atom. The van der Waals surface area contributed by atoms with Gasteiger partial charge in [0.25, 0.3) is 0 Å². The van der Waals surface area contributed by atoms with E-state index in [0.717, 1.165) is 21.2 Å². The number of nitrogens with zero attached hydrogens (tertiary/aromatic N) is 2. The number of rotatable bonds is 6. The highest BCUT2D eigenvalue weighted by Gasteiger charge is 2.11. The van der Waals surface area contributed by atoms with Crippen molar-refractivity contribution in [1.82, 2.24) is 4.98 Å². The van der Waals surface area contributed by atoms with Crippen LogP contribution in [0.1, 0.15) is 21.5 Å². The van der Waals surface area contributed by atoms with Crippen LogP contribution >= 0.6 is 11.8 Å². The van der Waals surface area contributed by atoms with Gasteiger partial charge in [-0.2, -0.15) is 5.26 Å². The average molecular weight is 411 g/mol. The fourth-order valence-electron chi connectivity index (χ4n) is 3.09. The lowest BCUT2D eigenvalue weighted by molar-refractivity contribution is -0.255. The first kappa shape index (κ1) is 19.5. The number of fused-ring (bicyclic) bond motifs is 1. The maximum atomic E-state index is 11.1. The molecule has 0 amide bonds. The molecule has 0 spiro atoms. The van der Waals surface area contributed by atoms with E-state index >= 15 is 0 Å². The summed E-state index contributed by atoms with van der Waals surface area (Å²) in [5.74, 6) is 0.601. The minimum absolute atomic E-state index is 0.156. The summed E-state index contributed by atoms with van der Waals surface area (Å²) in [6.07, 6.45) is 3.33. The van der Waals surface area contributed by atoms with Crippen LogP contribution in [0.4, 0.5) is 0 Å². The van der Waals surface area contributed by atoms with Crippen molar-refractivity contribution in [2.75, 3.05) is 0 Å². The lowest BCUT2D eigenvalue weighted by Crippen LogP contribution is -2.22. The Labute approximate surface area is 177 Å². The zero-order valence-corrected chi connectivity index (χ0v) is 16.6. The first-order valence-electron chi connectivity index (χ1n) is 9.12. The largest absolute Gasteiger partial charge is 0.545 e. The molecular formula is C24H15N2O3S-. The minimum Gasteiger partial charge on any atom is -0.545 e. The molecule has 1 heterocycles. The average Bonchev–Trinajstić information content (AvgIpc) is 2.79. The number of aromatic carboxylic acids is 1. The molecule has 0 aliphatic rings. The first-order valence-corrected chi connectivity index (χ1v) is 10.1. The van der Waals surface area contributed by atoms with E-state index < -0.39 is 5.97 Å². The highest BCUT2D eigenvalue weighted by Crippen LogP contribution is 2.37. The third-order valence-electron chi connectivity index (χ3n) is 4.53. The van der Waals surface area contributed by atoms with E-state index in [9.17, 15) is 15.2 Å². The molecule has 6 heteroatoms. The molecule has 0 atom stereocenters. The molecule has 4 aromatic rings. The number of carboxylic acid groups (broad SMARTS) is 1. The summed E-state index contributed by atoms with van der Waals surface area (Å²) in [6.45, 7) is 0. The number of ether oxygens (including phenoxy) is 1. The van der Waals surface area contributed by atoms with Gasteiger partial charge in [-0.25, -0.2) is 0 Å². The Morgan fingerprint density at radius 2 is 1.87 bits per heavy atom. The number of carbonyl (C=O) groups is 1. The summed E-state index contributed by atoms with van der Waals surface area (Å²) in [5, 5.41) is 22.1. The quantitative estimate of drug-likeness (QED) is 0.433. The van der Waals surface area contributed by atoms with Crippen LogP contribution in [0, 0.1) is 11.3 Å². The number of hydrogen-bond donors (Lipinski definition) is 0. The van der Waals surface area contributed by atoms with Crippen molar-refractivity contribution in [2.45, 2.75) is 10.6 Å². The molecule has 30 heavy (non-hydrogen) atoms. The van der Waals surface area contributed by atoms with Crippen molar-refractivity contribution < 1.29 is 14.6 Å². The second-order valence-corrected chi connectivity index (χ2v) is 7.49. The molecule has 0 fully saturated rings. The Bertz CT molecular complexity index is 1280. The van der Waals surface area contributed by atoms with E-state index in [4.69, 9.17) is 4.74 Å². The lowest BCUT2D eigenvalue weighted by atomic mass is 10.0. The SMILES string of the molecule is N#Cc1ccc(Oc2cnccc2SCc2cccc(C(=O)[O-])c2)c2ccccc12. The highest BCUT2D eigenvalue weighted by atomic mass is 32.2. The topological polar surface area (TPSA) is 86.0 Å². The minimum atomic E-state index is -1.19. The number of hydrogen-bond acceptors (Lipinski definition) is 6. The van der Waals surface area contributed by atoms with E-state index in [2.05, 4.69) is 11.1 Å². The first-order chi connectivity index (χ1) is 14.7. The normalized spacial score (nSPS) is 10.5. The molecule has 5 nitrogen and oxygen atoms in total. The summed E-state index contributed by atoms with van der Waals surface area (Å²) in [7, 11) is 0. The molecule has 3 aromatic carbocycles. The molecule has 0 saturated heterocycles. The van der Waals surface area contributed by atoms with Gasteiger partial charge in [0.1, 0.15) is 5.75 Å². The monoisotopic (exact) mass is 411 g/mol. The number of aromatic nitrogens is 1. The molecule has 0 aliphatic carbocycles. The van der Waals surface area contributed by atoms with Crippen molar-refractivity contribution >= 4 is 28.5 Å². The van der Waals surface area contributed by atoms with Gasteiger partial charge in [-0.3, -0.25) is 4.98 Å². The molecule has 0 bridgehead atoms. The molecule has 0 aliphatic heterocycles. The van der Waals surface area contributed by atoms with Gasteiger partial charge in [0.2, 0.25) is 0 Å². The maximum Gasteiger partial charge on any atom is 0.159 e. The van der Waals surface area contributed by atoms with Crippen LogP contribution in [0.3, 0.4) is 0 Å². The van der Waals surface area contributed by atoms with E-state index in [0.29, 0.717) is 22.8 Å². The molecule has 0 saturated carbocycles. The van der Waals surface area contributed by atoms with Crippen LogP contribution in [0.25, 0.3) is 10.8 Å². The van der Waals surface area contributed by atoms with Crippen LogP contribution in [0.2, 0.25) is 0 Å². The summed E-state index contributed by atoms with van der Waals surface area (Å²) in [6, 6.07) is 21.9. The van der Waals surface area contributed by atoms with Crippen LogP contribution in [0.5, 0.6) is 11.5 Å². The number of nitriles is 1. The van der Waals surface area contributed by atoms with E-state index in [1.807, 2.05) is 36.4 Å². The maximum absolute atomic E-state index is 11.1. The van der Waals surface area contributed by atoms with E-state index in [1.165, 1.54) is 17.8 Å². The molecule has 4 rings (SSSR count). The Hall–Kier alpha value is -3.82. The van der Waals surface area contributed by atoms with Gasteiger partial charge in [-0.1, -0.05) is 42.5 Å². The Balaban J connectivity index is 1.61. The van der Waals surface area contributed by atoms with Gasteiger partial charge >= 0.3 is 0 Å². The van der Waals surface area contributed by atoms with Crippen molar-refractivity contribution in [3.8, 4) is 17.6 Å². The van der Waals surface area contributed by atoms with Crippen molar-refractivity contribution in [3.63, 3.8) is 0 Å². The Kier molecular flexibility index (Phi) is 5.64. The van der Waals surface area contributed by atoms with Gasteiger partial charge in [0.05, 0.1) is 28.7 Å². The molecule has 146 valence electrons. The van der Waals surface area contributed by atoms with Gasteiger partial charge in [-0.05, 0) is 35.4 Å². The van der Waals surface area contributed by atoms with Gasteiger partial charge in [0, 0.05) is 22.7 Å². The third kappa shape index (κ3) is 4.12. The summed E-state index contributed by atoms with van der Waals surface area (Å²) >= 11 is 1.52. The molecular weight excluding hydrogens is 396 g/mol.